The van der Waals surface area contributed by atoms with Crippen LogP contribution in [0.15, 0.2) is 22.7 Å². The van der Waals surface area contributed by atoms with E-state index in [4.69, 9.17) is 22.1 Å². The van der Waals surface area contributed by atoms with Crippen LogP contribution in [0.25, 0.3) is 10.4 Å². The van der Waals surface area contributed by atoms with Gasteiger partial charge in [0.1, 0.15) is 4.88 Å². The van der Waals surface area contributed by atoms with Gasteiger partial charge in [0.05, 0.1) is 12.8 Å². The van der Waals surface area contributed by atoms with Crippen LogP contribution in [0.2, 0.25) is 5.02 Å². The first-order valence-electron chi connectivity index (χ1n) is 5.93. The molecule has 0 unspecified atom stereocenters. The first-order chi connectivity index (χ1) is 9.47. The summed E-state index contributed by atoms with van der Waals surface area (Å²) in [6.07, 6.45) is 0.735. The zero-order valence-corrected chi connectivity index (χ0v) is 14.2. The molecule has 0 aliphatic heterocycles. The minimum absolute atomic E-state index is 0.408. The van der Waals surface area contributed by atoms with E-state index in [-0.39, 0.29) is 0 Å². The molecule has 0 saturated heterocycles. The molecule has 20 heavy (non-hydrogen) atoms. The van der Waals surface area contributed by atoms with E-state index in [0.29, 0.717) is 15.6 Å². The van der Waals surface area contributed by atoms with E-state index in [2.05, 4.69) is 15.9 Å². The van der Waals surface area contributed by atoms with Crippen LogP contribution in [0.3, 0.4) is 0 Å². The number of carbonyl (C=O) groups excluding carboxylic acids is 1. The van der Waals surface area contributed by atoms with Crippen molar-refractivity contribution in [2.75, 3.05) is 12.8 Å². The Morgan fingerprint density at radius 2 is 2.15 bits per heavy atom. The first kappa shape index (κ1) is 15.4. The monoisotopic (exact) mass is 373 g/mol. The van der Waals surface area contributed by atoms with E-state index in [9.17, 15) is 4.79 Å². The number of carbonyl (C=O) groups is 1. The standard InChI is InChI=1S/C14H13BrClNO2S/c1-3-10-11(17)13(14(18)19-2)20-12(10)7-4-8(15)6-9(16)5-7/h4-6H,3,17H2,1-2H3. The molecule has 3 nitrogen and oxygen atoms in total. The van der Waals surface area contributed by atoms with E-state index in [0.717, 1.165) is 26.9 Å². The lowest BCUT2D eigenvalue weighted by atomic mass is 10.1. The second-order valence-electron chi connectivity index (χ2n) is 4.16. The van der Waals surface area contributed by atoms with Gasteiger partial charge >= 0.3 is 5.97 Å². The number of halogens is 2. The highest BCUT2D eigenvalue weighted by atomic mass is 79.9. The number of hydrogen-bond acceptors (Lipinski definition) is 4. The molecule has 2 aromatic rings. The molecular formula is C14H13BrClNO2S. The fourth-order valence-electron chi connectivity index (χ4n) is 1.99. The number of esters is 1. The molecule has 0 amide bonds. The summed E-state index contributed by atoms with van der Waals surface area (Å²) in [5.74, 6) is -0.408. The minimum atomic E-state index is -0.408. The molecule has 0 fully saturated rings. The van der Waals surface area contributed by atoms with E-state index in [1.54, 1.807) is 0 Å². The van der Waals surface area contributed by atoms with Crippen molar-refractivity contribution in [3.8, 4) is 10.4 Å². The summed E-state index contributed by atoms with van der Waals surface area (Å²) in [5, 5.41) is 0.628. The predicted octanol–water partition coefficient (Wildman–Crippen LogP) is 4.76. The van der Waals surface area contributed by atoms with Crippen molar-refractivity contribution in [3.05, 3.63) is 38.1 Å². The molecule has 0 bridgehead atoms. The molecular weight excluding hydrogens is 362 g/mol. The lowest BCUT2D eigenvalue weighted by Crippen LogP contribution is -2.02. The Balaban J connectivity index is 2.64. The summed E-state index contributed by atoms with van der Waals surface area (Å²) in [6, 6.07) is 5.63. The molecule has 0 spiro atoms. The number of thiophene rings is 1. The Labute approximate surface area is 134 Å². The topological polar surface area (TPSA) is 52.3 Å². The summed E-state index contributed by atoms with van der Waals surface area (Å²) in [7, 11) is 1.35. The summed E-state index contributed by atoms with van der Waals surface area (Å²) >= 11 is 10.8. The number of rotatable bonds is 3. The Morgan fingerprint density at radius 3 is 2.70 bits per heavy atom. The third kappa shape index (κ3) is 2.85. The molecule has 0 aliphatic rings. The Morgan fingerprint density at radius 1 is 1.45 bits per heavy atom. The lowest BCUT2D eigenvalue weighted by Gasteiger charge is -2.04. The molecule has 1 aromatic heterocycles. The van der Waals surface area contributed by atoms with E-state index >= 15 is 0 Å². The average Bonchev–Trinajstić information content (AvgIpc) is 2.73. The van der Waals surface area contributed by atoms with E-state index < -0.39 is 5.97 Å². The second kappa shape index (κ2) is 6.16. The van der Waals surface area contributed by atoms with Crippen LogP contribution >= 0.6 is 38.9 Å². The maximum Gasteiger partial charge on any atom is 0.350 e. The largest absolute Gasteiger partial charge is 0.465 e. The summed E-state index contributed by atoms with van der Waals surface area (Å²) in [5.41, 5.74) is 8.45. The number of methoxy groups -OCH3 is 1. The third-order valence-corrected chi connectivity index (χ3v) is 4.85. The number of anilines is 1. The highest BCUT2D eigenvalue weighted by Gasteiger charge is 2.21. The van der Waals surface area contributed by atoms with Gasteiger partial charge in [-0.1, -0.05) is 34.5 Å². The maximum atomic E-state index is 11.8. The van der Waals surface area contributed by atoms with Gasteiger partial charge in [0, 0.05) is 14.4 Å². The third-order valence-electron chi connectivity index (χ3n) is 2.90. The van der Waals surface area contributed by atoms with Crippen LogP contribution in [-0.2, 0) is 11.2 Å². The van der Waals surface area contributed by atoms with Gasteiger partial charge in [-0.2, -0.15) is 0 Å². The fraction of sp³-hybridized carbons (Fsp3) is 0.214. The first-order valence-corrected chi connectivity index (χ1v) is 7.92. The maximum absolute atomic E-state index is 11.8. The molecule has 0 aliphatic carbocycles. The number of hydrogen-bond donors (Lipinski definition) is 1. The molecule has 0 radical (unpaired) electrons. The van der Waals surface area contributed by atoms with Crippen LogP contribution in [0.5, 0.6) is 0 Å². The molecule has 1 aromatic carbocycles. The van der Waals surface area contributed by atoms with Gasteiger partial charge < -0.3 is 10.5 Å². The van der Waals surface area contributed by atoms with Crippen LogP contribution in [0, 0.1) is 0 Å². The zero-order valence-electron chi connectivity index (χ0n) is 11.0. The Kier molecular flexibility index (Phi) is 4.73. The second-order valence-corrected chi connectivity index (χ2v) is 6.53. The van der Waals surface area contributed by atoms with Crippen molar-refractivity contribution in [3.63, 3.8) is 0 Å². The van der Waals surface area contributed by atoms with Gasteiger partial charge in [0.2, 0.25) is 0 Å². The van der Waals surface area contributed by atoms with Crippen molar-refractivity contribution >= 4 is 50.5 Å². The highest BCUT2D eigenvalue weighted by molar-refractivity contribution is 9.10. The number of nitrogens with two attached hydrogens (primary N) is 1. The molecule has 2 N–H and O–H groups in total. The SMILES string of the molecule is CCc1c(-c2cc(Cl)cc(Br)c2)sc(C(=O)OC)c1N. The summed E-state index contributed by atoms with van der Waals surface area (Å²) in [6.45, 7) is 2.00. The van der Waals surface area contributed by atoms with Gasteiger partial charge in [-0.3, -0.25) is 0 Å². The number of benzene rings is 1. The van der Waals surface area contributed by atoms with Crippen molar-refractivity contribution in [2.24, 2.45) is 0 Å². The molecule has 0 saturated carbocycles. The molecule has 106 valence electrons. The van der Waals surface area contributed by atoms with Crippen LogP contribution in [0.1, 0.15) is 22.2 Å². The van der Waals surface area contributed by atoms with Gasteiger partial charge in [-0.15, -0.1) is 11.3 Å². The molecule has 1 heterocycles. The lowest BCUT2D eigenvalue weighted by molar-refractivity contribution is 0.0607. The van der Waals surface area contributed by atoms with Crippen molar-refractivity contribution in [1.29, 1.82) is 0 Å². The van der Waals surface area contributed by atoms with Crippen molar-refractivity contribution in [2.45, 2.75) is 13.3 Å². The Hall–Kier alpha value is -1.04. The fourth-order valence-corrected chi connectivity index (χ4v) is 4.07. The highest BCUT2D eigenvalue weighted by Crippen LogP contribution is 2.41. The van der Waals surface area contributed by atoms with Crippen LogP contribution in [-0.4, -0.2) is 13.1 Å². The predicted molar refractivity (Wildman–Crippen MR) is 87.6 cm³/mol. The van der Waals surface area contributed by atoms with E-state index in [1.807, 2.05) is 25.1 Å². The number of nitrogen functional groups attached to an aromatic ring is 1. The average molecular weight is 375 g/mol. The van der Waals surface area contributed by atoms with Gasteiger partial charge in [0.25, 0.3) is 0 Å². The van der Waals surface area contributed by atoms with Crippen LogP contribution in [0.4, 0.5) is 5.69 Å². The van der Waals surface area contributed by atoms with Gasteiger partial charge in [-0.05, 0) is 35.7 Å². The number of ether oxygens (including phenoxy) is 1. The summed E-state index contributed by atoms with van der Waals surface area (Å²) in [4.78, 5) is 13.1. The molecule has 2 rings (SSSR count). The minimum Gasteiger partial charge on any atom is -0.465 e. The molecule has 6 heteroatoms. The quantitative estimate of drug-likeness (QED) is 0.788. The van der Waals surface area contributed by atoms with E-state index in [1.165, 1.54) is 18.4 Å². The smallest absolute Gasteiger partial charge is 0.350 e. The summed E-state index contributed by atoms with van der Waals surface area (Å²) < 4.78 is 5.65. The molecule has 0 atom stereocenters. The van der Waals surface area contributed by atoms with Crippen molar-refractivity contribution < 1.29 is 9.53 Å². The van der Waals surface area contributed by atoms with Gasteiger partial charge in [0.15, 0.2) is 0 Å². The van der Waals surface area contributed by atoms with Gasteiger partial charge in [-0.25, -0.2) is 4.79 Å². The van der Waals surface area contributed by atoms with Crippen molar-refractivity contribution in [1.82, 2.24) is 0 Å². The zero-order chi connectivity index (χ0) is 14.9. The van der Waals surface area contributed by atoms with Crippen LogP contribution < -0.4 is 5.73 Å². The Bertz CT molecular complexity index is 649. The normalized spacial score (nSPS) is 10.6.